The van der Waals surface area contributed by atoms with Gasteiger partial charge in [-0.05, 0) is 62.7 Å². The van der Waals surface area contributed by atoms with Gasteiger partial charge in [0.15, 0.2) is 0 Å². The Balaban J connectivity index is 1.66. The fourth-order valence-corrected chi connectivity index (χ4v) is 3.70. The average molecular weight is 246 g/mol. The minimum absolute atomic E-state index is 0.938. The van der Waals surface area contributed by atoms with E-state index < -0.39 is 0 Å². The van der Waals surface area contributed by atoms with Crippen molar-refractivity contribution >= 4 is 0 Å². The van der Waals surface area contributed by atoms with Crippen molar-refractivity contribution < 1.29 is 0 Å². The molecule has 2 aliphatic rings. The van der Waals surface area contributed by atoms with Crippen LogP contribution in [-0.2, 0) is 0 Å². The van der Waals surface area contributed by atoms with E-state index in [4.69, 9.17) is 0 Å². The Morgan fingerprint density at radius 3 is 2.72 bits per heavy atom. The van der Waals surface area contributed by atoms with Crippen molar-refractivity contribution in [3.8, 4) is 0 Å². The smallest absolute Gasteiger partial charge is 0.0292 e. The molecule has 0 aliphatic heterocycles. The third-order valence-electron chi connectivity index (χ3n) is 5.12. The van der Waals surface area contributed by atoms with Gasteiger partial charge in [-0.15, -0.1) is 0 Å². The zero-order valence-electron chi connectivity index (χ0n) is 12.2. The van der Waals surface area contributed by atoms with Crippen LogP contribution in [0.15, 0.2) is 24.3 Å². The van der Waals surface area contributed by atoms with Crippen LogP contribution >= 0.6 is 0 Å². The molecule has 0 spiro atoms. The van der Waals surface area contributed by atoms with Crippen molar-refractivity contribution in [1.82, 2.24) is 0 Å². The summed E-state index contributed by atoms with van der Waals surface area (Å²) in [5.74, 6) is 2.82. The Kier molecular flexibility index (Phi) is 5.53. The predicted octanol–water partition coefficient (Wildman–Crippen LogP) is 5.90. The zero-order valence-corrected chi connectivity index (χ0v) is 12.2. The van der Waals surface area contributed by atoms with Crippen LogP contribution in [0.3, 0.4) is 0 Å². The highest BCUT2D eigenvalue weighted by molar-refractivity contribution is 4.99. The first kappa shape index (κ1) is 13.9. The molecule has 0 radical (unpaired) electrons. The second kappa shape index (κ2) is 7.16. The van der Waals surface area contributed by atoms with Gasteiger partial charge in [0.2, 0.25) is 0 Å². The molecule has 0 nitrogen and oxygen atoms in total. The Bertz CT molecular complexity index is 286. The van der Waals surface area contributed by atoms with Crippen LogP contribution in [-0.4, -0.2) is 0 Å². The van der Waals surface area contributed by atoms with E-state index in [9.17, 15) is 0 Å². The first-order valence-corrected chi connectivity index (χ1v) is 8.07. The summed E-state index contributed by atoms with van der Waals surface area (Å²) in [6.07, 6.45) is 18.5. The molecule has 3 atom stereocenters. The molecular weight excluding hydrogens is 216 g/mol. The van der Waals surface area contributed by atoms with Crippen LogP contribution in [0.1, 0.15) is 71.1 Å². The first-order valence-electron chi connectivity index (χ1n) is 8.07. The van der Waals surface area contributed by atoms with Gasteiger partial charge in [0.25, 0.3) is 0 Å². The lowest BCUT2D eigenvalue weighted by Crippen LogP contribution is -2.17. The van der Waals surface area contributed by atoms with Gasteiger partial charge >= 0.3 is 0 Å². The van der Waals surface area contributed by atoms with Crippen molar-refractivity contribution in [2.75, 3.05) is 0 Å². The highest BCUT2D eigenvalue weighted by Crippen LogP contribution is 2.35. The lowest BCUT2D eigenvalue weighted by atomic mass is 9.76. The normalized spacial score (nSPS) is 32.4. The van der Waals surface area contributed by atoms with Crippen LogP contribution in [0.4, 0.5) is 0 Å². The number of allylic oxidation sites excluding steroid dienone is 3. The van der Waals surface area contributed by atoms with Crippen molar-refractivity contribution in [3.05, 3.63) is 24.3 Å². The lowest BCUT2D eigenvalue weighted by Gasteiger charge is -2.29. The topological polar surface area (TPSA) is 0 Å². The van der Waals surface area contributed by atoms with Crippen LogP contribution in [0, 0.1) is 17.8 Å². The van der Waals surface area contributed by atoms with Crippen molar-refractivity contribution in [2.45, 2.75) is 71.1 Å². The third-order valence-corrected chi connectivity index (χ3v) is 5.12. The number of hydrogen-bond donors (Lipinski definition) is 0. The van der Waals surface area contributed by atoms with Crippen LogP contribution in [0.5, 0.6) is 0 Å². The molecule has 0 saturated heterocycles. The van der Waals surface area contributed by atoms with Gasteiger partial charge in [-0.3, -0.25) is 0 Å². The molecule has 0 heterocycles. The molecule has 2 aliphatic carbocycles. The predicted molar refractivity (Wildman–Crippen MR) is 80.6 cm³/mol. The Morgan fingerprint density at radius 1 is 1.17 bits per heavy atom. The molecule has 0 bridgehead atoms. The van der Waals surface area contributed by atoms with E-state index in [0.29, 0.717) is 0 Å². The van der Waals surface area contributed by atoms with E-state index in [1.165, 1.54) is 69.8 Å². The number of hydrogen-bond acceptors (Lipinski definition) is 0. The summed E-state index contributed by atoms with van der Waals surface area (Å²) in [4.78, 5) is 0. The van der Waals surface area contributed by atoms with Gasteiger partial charge in [-0.2, -0.15) is 0 Å². The Labute approximate surface area is 114 Å². The maximum Gasteiger partial charge on any atom is -0.0292 e. The summed E-state index contributed by atoms with van der Waals surface area (Å²) < 4.78 is 0. The van der Waals surface area contributed by atoms with E-state index in [-0.39, 0.29) is 0 Å². The summed E-state index contributed by atoms with van der Waals surface area (Å²) in [7, 11) is 0. The molecule has 0 heteroatoms. The van der Waals surface area contributed by atoms with E-state index in [0.717, 1.165) is 17.8 Å². The fraction of sp³-hybridized carbons (Fsp3) is 0.778. The fourth-order valence-electron chi connectivity index (χ4n) is 3.70. The second-order valence-electron chi connectivity index (χ2n) is 6.67. The first-order chi connectivity index (χ1) is 8.75. The molecule has 18 heavy (non-hydrogen) atoms. The summed E-state index contributed by atoms with van der Waals surface area (Å²) in [5, 5.41) is 0. The van der Waals surface area contributed by atoms with E-state index >= 15 is 0 Å². The maximum atomic E-state index is 4.35. The molecule has 0 aromatic rings. The highest BCUT2D eigenvalue weighted by atomic mass is 14.3. The quantitative estimate of drug-likeness (QED) is 0.530. The van der Waals surface area contributed by atoms with Gasteiger partial charge in [-0.25, -0.2) is 0 Å². The van der Waals surface area contributed by atoms with Gasteiger partial charge in [0.05, 0.1) is 0 Å². The third kappa shape index (κ3) is 4.30. The summed E-state index contributed by atoms with van der Waals surface area (Å²) in [5.41, 5.74) is 1.53. The van der Waals surface area contributed by atoms with E-state index in [1.807, 2.05) is 0 Å². The van der Waals surface area contributed by atoms with Crippen LogP contribution < -0.4 is 0 Å². The molecule has 2 rings (SSSR count). The number of rotatable bonds is 5. The van der Waals surface area contributed by atoms with Gasteiger partial charge < -0.3 is 0 Å². The molecule has 102 valence electrons. The Hall–Kier alpha value is -0.520. The molecule has 0 N–H and O–H groups in total. The van der Waals surface area contributed by atoms with Gasteiger partial charge in [-0.1, -0.05) is 50.5 Å². The molecule has 1 saturated carbocycles. The maximum absolute atomic E-state index is 4.35. The van der Waals surface area contributed by atoms with E-state index in [2.05, 4.69) is 25.7 Å². The molecular formula is C18H30. The van der Waals surface area contributed by atoms with Crippen molar-refractivity contribution in [1.29, 1.82) is 0 Å². The molecule has 0 aromatic heterocycles. The standard InChI is InChI=1S/C18H30/c1-15(12-13-17-9-4-3-5-10-17)14-18-11-7-6-8-16(18)2/h3-4,16-18H,1,5-14H2,2H3. The van der Waals surface area contributed by atoms with E-state index in [1.54, 1.807) is 0 Å². The van der Waals surface area contributed by atoms with Crippen LogP contribution in [0.2, 0.25) is 0 Å². The highest BCUT2D eigenvalue weighted by Gasteiger charge is 2.21. The molecule has 1 fully saturated rings. The zero-order chi connectivity index (χ0) is 12.8. The van der Waals surface area contributed by atoms with Crippen molar-refractivity contribution in [3.63, 3.8) is 0 Å². The molecule has 0 amide bonds. The minimum Gasteiger partial charge on any atom is -0.0999 e. The molecule has 3 unspecified atom stereocenters. The molecule has 0 aromatic carbocycles. The second-order valence-corrected chi connectivity index (χ2v) is 6.67. The van der Waals surface area contributed by atoms with Crippen LogP contribution in [0.25, 0.3) is 0 Å². The SMILES string of the molecule is C=C(CCC1CC=CCC1)CC1CCCCC1C. The van der Waals surface area contributed by atoms with Gasteiger partial charge in [0.1, 0.15) is 0 Å². The average Bonchev–Trinajstić information content (AvgIpc) is 2.40. The monoisotopic (exact) mass is 246 g/mol. The lowest BCUT2D eigenvalue weighted by molar-refractivity contribution is 0.252. The van der Waals surface area contributed by atoms with Crippen molar-refractivity contribution in [2.24, 2.45) is 17.8 Å². The Morgan fingerprint density at radius 2 is 2.00 bits per heavy atom. The summed E-state index contributed by atoms with van der Waals surface area (Å²) in [6.45, 7) is 6.80. The summed E-state index contributed by atoms with van der Waals surface area (Å²) >= 11 is 0. The summed E-state index contributed by atoms with van der Waals surface area (Å²) in [6, 6.07) is 0. The minimum atomic E-state index is 0.938. The largest absolute Gasteiger partial charge is 0.0999 e. The van der Waals surface area contributed by atoms with Gasteiger partial charge in [0, 0.05) is 0 Å².